The maximum Gasteiger partial charge on any atom is 0.242 e. The summed E-state index contributed by atoms with van der Waals surface area (Å²) in [6, 6.07) is 6.75. The van der Waals surface area contributed by atoms with Crippen LogP contribution >= 0.6 is 0 Å². The molecule has 0 aliphatic rings. The van der Waals surface area contributed by atoms with Crippen LogP contribution in [0.15, 0.2) is 29.2 Å². The van der Waals surface area contributed by atoms with Crippen molar-refractivity contribution in [3.63, 3.8) is 0 Å². The average Bonchev–Trinajstić information content (AvgIpc) is 2.29. The van der Waals surface area contributed by atoms with Gasteiger partial charge in [-0.15, -0.1) is 0 Å². The molecule has 3 N–H and O–H groups in total. The Morgan fingerprint density at radius 3 is 2.61 bits per heavy atom. The molecule has 1 atom stereocenters. The quantitative estimate of drug-likeness (QED) is 0.696. The minimum absolute atomic E-state index is 0.00739. The van der Waals surface area contributed by atoms with E-state index in [2.05, 4.69) is 10.0 Å². The Labute approximate surface area is 108 Å². The number of anilines is 1. The molecule has 0 radical (unpaired) electrons. The largest absolute Gasteiger partial charge is 0.396 e. The lowest BCUT2D eigenvalue weighted by molar-refractivity contribution is 0.282. The lowest BCUT2D eigenvalue weighted by Crippen LogP contribution is -2.25. The van der Waals surface area contributed by atoms with Gasteiger partial charge < -0.3 is 10.4 Å². The number of aliphatic hydroxyl groups is 1. The van der Waals surface area contributed by atoms with Crippen LogP contribution in [0.25, 0.3) is 0 Å². The van der Waals surface area contributed by atoms with E-state index in [0.29, 0.717) is 18.7 Å². The molecular formula is C12H20N2O3S. The Bertz CT molecular complexity index is 474. The highest BCUT2D eigenvalue weighted by molar-refractivity contribution is 7.89. The summed E-state index contributed by atoms with van der Waals surface area (Å²) in [4.78, 5) is 0.233. The summed E-state index contributed by atoms with van der Waals surface area (Å²) in [6.07, 6.45) is 0.565. The van der Waals surface area contributed by atoms with Gasteiger partial charge in [0.1, 0.15) is 4.90 Å². The van der Waals surface area contributed by atoms with Gasteiger partial charge in [0, 0.05) is 19.2 Å². The fraction of sp³-hybridized carbons (Fsp3) is 0.500. The van der Waals surface area contributed by atoms with E-state index < -0.39 is 10.0 Å². The minimum Gasteiger partial charge on any atom is -0.396 e. The first kappa shape index (κ1) is 14.9. The van der Waals surface area contributed by atoms with Crippen LogP contribution in [0.3, 0.4) is 0 Å². The fourth-order valence-electron chi connectivity index (χ4n) is 1.62. The zero-order valence-corrected chi connectivity index (χ0v) is 11.5. The maximum absolute atomic E-state index is 12.0. The van der Waals surface area contributed by atoms with Crippen molar-refractivity contribution < 1.29 is 13.5 Å². The molecule has 0 saturated carbocycles. The van der Waals surface area contributed by atoms with Crippen molar-refractivity contribution in [3.8, 4) is 0 Å². The van der Waals surface area contributed by atoms with Crippen LogP contribution in [0.2, 0.25) is 0 Å². The number of nitrogens with one attached hydrogen (secondary N) is 2. The van der Waals surface area contributed by atoms with Gasteiger partial charge in [0.2, 0.25) is 10.0 Å². The van der Waals surface area contributed by atoms with Gasteiger partial charge in [-0.25, -0.2) is 13.1 Å². The molecule has 0 spiro atoms. The van der Waals surface area contributed by atoms with E-state index in [0.717, 1.165) is 0 Å². The number of benzene rings is 1. The Balaban J connectivity index is 3.00. The normalized spacial score (nSPS) is 13.3. The standard InChI is InChI=1S/C12H20N2O3S/c1-3-13-18(16,17)12-7-5-4-6-11(12)14-10(2)8-9-15/h4-7,10,13-15H,3,8-9H2,1-2H3. The number of hydrogen-bond acceptors (Lipinski definition) is 4. The zero-order chi connectivity index (χ0) is 13.6. The predicted octanol–water partition coefficient (Wildman–Crippen LogP) is 1.17. The number of para-hydroxylation sites is 1. The summed E-state index contributed by atoms with van der Waals surface area (Å²) in [5, 5.41) is 12.0. The van der Waals surface area contributed by atoms with E-state index in [1.54, 1.807) is 31.2 Å². The molecule has 0 fully saturated rings. The van der Waals surface area contributed by atoms with Gasteiger partial charge in [-0.1, -0.05) is 19.1 Å². The first-order valence-electron chi connectivity index (χ1n) is 5.97. The van der Waals surface area contributed by atoms with Crippen LogP contribution in [-0.4, -0.2) is 32.7 Å². The molecule has 0 aliphatic carbocycles. The highest BCUT2D eigenvalue weighted by Crippen LogP contribution is 2.21. The van der Waals surface area contributed by atoms with Crippen molar-refractivity contribution in [2.24, 2.45) is 0 Å². The lowest BCUT2D eigenvalue weighted by atomic mass is 10.2. The molecule has 0 saturated heterocycles. The number of hydrogen-bond donors (Lipinski definition) is 3. The zero-order valence-electron chi connectivity index (χ0n) is 10.7. The third-order valence-electron chi connectivity index (χ3n) is 2.47. The second-order valence-corrected chi connectivity index (χ2v) is 5.79. The van der Waals surface area contributed by atoms with Crippen molar-refractivity contribution in [2.45, 2.75) is 31.2 Å². The smallest absolute Gasteiger partial charge is 0.242 e. The highest BCUT2D eigenvalue weighted by Gasteiger charge is 2.17. The van der Waals surface area contributed by atoms with Gasteiger partial charge in [-0.2, -0.15) is 0 Å². The molecule has 0 aromatic heterocycles. The number of sulfonamides is 1. The van der Waals surface area contributed by atoms with E-state index in [1.165, 1.54) is 0 Å². The molecule has 18 heavy (non-hydrogen) atoms. The molecule has 0 heterocycles. The van der Waals surface area contributed by atoms with Crippen LogP contribution < -0.4 is 10.0 Å². The van der Waals surface area contributed by atoms with Crippen molar-refractivity contribution in [1.29, 1.82) is 0 Å². The summed E-state index contributed by atoms with van der Waals surface area (Å²) >= 11 is 0. The summed E-state index contributed by atoms with van der Waals surface area (Å²) < 4.78 is 26.5. The number of aliphatic hydroxyl groups excluding tert-OH is 1. The molecule has 1 aromatic carbocycles. The summed E-state index contributed by atoms with van der Waals surface area (Å²) in [7, 11) is -3.48. The molecule has 0 bridgehead atoms. The lowest BCUT2D eigenvalue weighted by Gasteiger charge is -2.17. The Morgan fingerprint density at radius 2 is 2.00 bits per heavy atom. The molecule has 0 amide bonds. The van der Waals surface area contributed by atoms with E-state index in [-0.39, 0.29) is 17.5 Å². The second kappa shape index (κ2) is 6.72. The first-order chi connectivity index (χ1) is 8.51. The molecule has 102 valence electrons. The van der Waals surface area contributed by atoms with Crippen molar-refractivity contribution in [3.05, 3.63) is 24.3 Å². The van der Waals surface area contributed by atoms with E-state index in [9.17, 15) is 8.42 Å². The van der Waals surface area contributed by atoms with Crippen molar-refractivity contribution in [1.82, 2.24) is 4.72 Å². The van der Waals surface area contributed by atoms with E-state index in [1.807, 2.05) is 6.92 Å². The molecule has 1 aromatic rings. The number of rotatable bonds is 7. The summed E-state index contributed by atoms with van der Waals surface area (Å²) in [5.74, 6) is 0. The minimum atomic E-state index is -3.48. The van der Waals surface area contributed by atoms with Gasteiger partial charge in [0.05, 0.1) is 5.69 Å². The summed E-state index contributed by atoms with van der Waals surface area (Å²) in [6.45, 7) is 4.05. The summed E-state index contributed by atoms with van der Waals surface area (Å²) in [5.41, 5.74) is 0.555. The third-order valence-corrected chi connectivity index (χ3v) is 4.08. The average molecular weight is 272 g/mol. The fourth-order valence-corrected chi connectivity index (χ4v) is 2.83. The van der Waals surface area contributed by atoms with Crippen molar-refractivity contribution >= 4 is 15.7 Å². The highest BCUT2D eigenvalue weighted by atomic mass is 32.2. The van der Waals surface area contributed by atoms with Crippen molar-refractivity contribution in [2.75, 3.05) is 18.5 Å². The van der Waals surface area contributed by atoms with Crippen LogP contribution in [0.1, 0.15) is 20.3 Å². The van der Waals surface area contributed by atoms with Crippen LogP contribution in [0, 0.1) is 0 Å². The Kier molecular flexibility index (Phi) is 5.58. The molecule has 0 aliphatic heterocycles. The van der Waals surface area contributed by atoms with Gasteiger partial charge in [0.15, 0.2) is 0 Å². The van der Waals surface area contributed by atoms with E-state index in [4.69, 9.17) is 5.11 Å². The van der Waals surface area contributed by atoms with Crippen LogP contribution in [-0.2, 0) is 10.0 Å². The molecule has 5 nitrogen and oxygen atoms in total. The second-order valence-electron chi connectivity index (χ2n) is 4.06. The monoisotopic (exact) mass is 272 g/mol. The SMILES string of the molecule is CCNS(=O)(=O)c1ccccc1NC(C)CCO. The van der Waals surface area contributed by atoms with Gasteiger partial charge in [-0.3, -0.25) is 0 Å². The topological polar surface area (TPSA) is 78.4 Å². The van der Waals surface area contributed by atoms with Crippen LogP contribution in [0.4, 0.5) is 5.69 Å². The third kappa shape index (κ3) is 3.97. The maximum atomic E-state index is 12.0. The molecule has 6 heteroatoms. The van der Waals surface area contributed by atoms with Gasteiger partial charge >= 0.3 is 0 Å². The first-order valence-corrected chi connectivity index (χ1v) is 7.45. The molecular weight excluding hydrogens is 252 g/mol. The Hall–Kier alpha value is -1.11. The molecule has 1 rings (SSSR count). The Morgan fingerprint density at radius 1 is 1.33 bits per heavy atom. The van der Waals surface area contributed by atoms with Gasteiger partial charge in [0.25, 0.3) is 0 Å². The van der Waals surface area contributed by atoms with E-state index >= 15 is 0 Å². The van der Waals surface area contributed by atoms with Crippen LogP contribution in [0.5, 0.6) is 0 Å². The van der Waals surface area contributed by atoms with Gasteiger partial charge in [-0.05, 0) is 25.5 Å². The molecule has 1 unspecified atom stereocenters. The predicted molar refractivity (Wildman–Crippen MR) is 72.1 cm³/mol.